The van der Waals surface area contributed by atoms with Crippen LogP contribution in [0.2, 0.25) is 0 Å². The molecule has 1 fully saturated rings. The monoisotopic (exact) mass is 222 g/mol. The van der Waals surface area contributed by atoms with Gasteiger partial charge in [-0.05, 0) is 31.7 Å². The van der Waals surface area contributed by atoms with Crippen molar-refractivity contribution < 1.29 is 5.11 Å². The van der Waals surface area contributed by atoms with E-state index in [1.165, 1.54) is 32.1 Å². The topological polar surface area (TPSA) is 38.0 Å². The van der Waals surface area contributed by atoms with Crippen molar-refractivity contribution in [3.63, 3.8) is 0 Å². The van der Waals surface area contributed by atoms with Crippen LogP contribution in [-0.2, 0) is 13.5 Å². The summed E-state index contributed by atoms with van der Waals surface area (Å²) in [5, 5.41) is 14.9. The Morgan fingerprint density at radius 2 is 2.12 bits per heavy atom. The number of hydrogen-bond donors (Lipinski definition) is 1. The molecule has 90 valence electrons. The highest BCUT2D eigenvalue weighted by molar-refractivity contribution is 5.04. The molecule has 1 N–H and O–H groups in total. The Hall–Kier alpha value is -0.830. The highest BCUT2D eigenvalue weighted by Gasteiger charge is 2.33. The van der Waals surface area contributed by atoms with Crippen LogP contribution in [0.4, 0.5) is 0 Å². The fourth-order valence-corrected chi connectivity index (χ4v) is 2.79. The lowest BCUT2D eigenvalue weighted by atomic mass is 9.76. The largest absolute Gasteiger partial charge is 0.389 e. The number of aromatic nitrogens is 2. The molecule has 0 aromatic carbocycles. The molecule has 1 aliphatic carbocycles. The van der Waals surface area contributed by atoms with E-state index >= 15 is 0 Å². The van der Waals surface area contributed by atoms with Crippen molar-refractivity contribution in [2.75, 3.05) is 0 Å². The predicted molar refractivity (Wildman–Crippen MR) is 64.1 cm³/mol. The van der Waals surface area contributed by atoms with Gasteiger partial charge in [0.25, 0.3) is 0 Å². The molecule has 0 radical (unpaired) electrons. The van der Waals surface area contributed by atoms with E-state index in [-0.39, 0.29) is 0 Å². The van der Waals surface area contributed by atoms with E-state index in [4.69, 9.17) is 0 Å². The third kappa shape index (κ3) is 2.64. The Morgan fingerprint density at radius 1 is 1.44 bits per heavy atom. The van der Waals surface area contributed by atoms with Crippen molar-refractivity contribution in [1.29, 1.82) is 0 Å². The van der Waals surface area contributed by atoms with Gasteiger partial charge in [0.1, 0.15) is 0 Å². The summed E-state index contributed by atoms with van der Waals surface area (Å²) in [5.41, 5.74) is 0.410. The normalized spacial score (nSPS) is 21.9. The molecule has 0 spiro atoms. The fraction of sp³-hybridized carbons (Fsp3) is 0.769. The minimum atomic E-state index is -0.589. The molecule has 1 unspecified atom stereocenters. The first-order valence-electron chi connectivity index (χ1n) is 6.29. The molecule has 0 bridgehead atoms. The van der Waals surface area contributed by atoms with Crippen LogP contribution in [0.1, 0.15) is 44.7 Å². The van der Waals surface area contributed by atoms with E-state index < -0.39 is 5.60 Å². The van der Waals surface area contributed by atoms with Gasteiger partial charge in [0.2, 0.25) is 0 Å². The molecule has 0 aliphatic heterocycles. The van der Waals surface area contributed by atoms with Crippen molar-refractivity contribution in [3.8, 4) is 0 Å². The Balaban J connectivity index is 2.00. The molecule has 1 aromatic heterocycles. The second kappa shape index (κ2) is 4.58. The van der Waals surface area contributed by atoms with E-state index in [0.29, 0.717) is 12.3 Å². The number of rotatable bonds is 3. The van der Waals surface area contributed by atoms with E-state index in [1.807, 2.05) is 26.2 Å². The summed E-state index contributed by atoms with van der Waals surface area (Å²) >= 11 is 0. The van der Waals surface area contributed by atoms with Crippen LogP contribution in [0.5, 0.6) is 0 Å². The average Bonchev–Trinajstić information content (AvgIpc) is 2.64. The maximum absolute atomic E-state index is 10.6. The van der Waals surface area contributed by atoms with Crippen LogP contribution in [0.15, 0.2) is 12.3 Å². The molecule has 1 aliphatic rings. The Morgan fingerprint density at radius 3 is 2.69 bits per heavy atom. The van der Waals surface area contributed by atoms with Gasteiger partial charge >= 0.3 is 0 Å². The maximum atomic E-state index is 10.6. The van der Waals surface area contributed by atoms with Crippen LogP contribution in [0.25, 0.3) is 0 Å². The van der Waals surface area contributed by atoms with Gasteiger partial charge in [0.05, 0.1) is 11.3 Å². The zero-order valence-corrected chi connectivity index (χ0v) is 10.3. The van der Waals surface area contributed by atoms with Crippen molar-refractivity contribution in [3.05, 3.63) is 18.0 Å². The maximum Gasteiger partial charge on any atom is 0.0703 e. The molecule has 1 heterocycles. The summed E-state index contributed by atoms with van der Waals surface area (Å²) in [5.74, 6) is 0.447. The van der Waals surface area contributed by atoms with Gasteiger partial charge in [0, 0.05) is 19.7 Å². The molecule has 3 nitrogen and oxygen atoms in total. The molecular formula is C13H22N2O. The van der Waals surface area contributed by atoms with Gasteiger partial charge in [-0.2, -0.15) is 5.10 Å². The number of aliphatic hydroxyl groups is 1. The van der Waals surface area contributed by atoms with E-state index in [1.54, 1.807) is 4.68 Å². The van der Waals surface area contributed by atoms with Gasteiger partial charge in [-0.1, -0.05) is 19.3 Å². The lowest BCUT2D eigenvalue weighted by Crippen LogP contribution is -2.38. The zero-order valence-electron chi connectivity index (χ0n) is 10.3. The molecule has 16 heavy (non-hydrogen) atoms. The molecule has 3 heteroatoms. The van der Waals surface area contributed by atoms with E-state index in [2.05, 4.69) is 5.10 Å². The summed E-state index contributed by atoms with van der Waals surface area (Å²) in [4.78, 5) is 0. The molecular weight excluding hydrogens is 200 g/mol. The van der Waals surface area contributed by atoms with Crippen molar-refractivity contribution in [2.24, 2.45) is 13.0 Å². The van der Waals surface area contributed by atoms with Gasteiger partial charge in [-0.25, -0.2) is 0 Å². The number of nitrogens with zero attached hydrogens (tertiary/aromatic N) is 2. The number of aryl methyl sites for hydroxylation is 1. The first-order valence-corrected chi connectivity index (χ1v) is 6.29. The van der Waals surface area contributed by atoms with Gasteiger partial charge in [-0.3, -0.25) is 4.68 Å². The summed E-state index contributed by atoms with van der Waals surface area (Å²) in [6, 6.07) is 2.00. The van der Waals surface area contributed by atoms with Crippen molar-refractivity contribution in [1.82, 2.24) is 9.78 Å². The second-order valence-electron chi connectivity index (χ2n) is 5.35. The molecule has 1 saturated carbocycles. The van der Waals surface area contributed by atoms with Crippen LogP contribution >= 0.6 is 0 Å². The molecule has 0 saturated heterocycles. The highest BCUT2D eigenvalue weighted by atomic mass is 16.3. The smallest absolute Gasteiger partial charge is 0.0703 e. The Kier molecular flexibility index (Phi) is 3.33. The minimum Gasteiger partial charge on any atom is -0.389 e. The van der Waals surface area contributed by atoms with Crippen molar-refractivity contribution in [2.45, 2.75) is 51.0 Å². The SMILES string of the molecule is Cn1ccc(CC(C)(O)C2CCCCC2)n1. The zero-order chi connectivity index (χ0) is 11.6. The molecule has 1 aromatic rings. The first kappa shape index (κ1) is 11.6. The van der Waals surface area contributed by atoms with Gasteiger partial charge < -0.3 is 5.11 Å². The summed E-state index contributed by atoms with van der Waals surface area (Å²) < 4.78 is 1.80. The average molecular weight is 222 g/mol. The van der Waals surface area contributed by atoms with Crippen LogP contribution in [0, 0.1) is 5.92 Å². The third-order valence-electron chi connectivity index (χ3n) is 3.79. The lowest BCUT2D eigenvalue weighted by Gasteiger charge is -2.35. The molecule has 0 amide bonds. The number of hydrogen-bond acceptors (Lipinski definition) is 2. The fourth-order valence-electron chi connectivity index (χ4n) is 2.79. The Bertz CT molecular complexity index is 337. The first-order chi connectivity index (χ1) is 7.58. The van der Waals surface area contributed by atoms with E-state index in [9.17, 15) is 5.11 Å². The highest BCUT2D eigenvalue weighted by Crippen LogP contribution is 2.34. The quantitative estimate of drug-likeness (QED) is 0.852. The summed E-state index contributed by atoms with van der Waals surface area (Å²) in [7, 11) is 1.92. The lowest BCUT2D eigenvalue weighted by molar-refractivity contribution is -0.0167. The van der Waals surface area contributed by atoms with Gasteiger partial charge in [0.15, 0.2) is 0 Å². The Labute approximate surface area is 97.5 Å². The summed E-state index contributed by atoms with van der Waals surface area (Å²) in [6.07, 6.45) is 8.81. The molecule has 2 rings (SSSR count). The third-order valence-corrected chi connectivity index (χ3v) is 3.79. The van der Waals surface area contributed by atoms with Gasteiger partial charge in [-0.15, -0.1) is 0 Å². The standard InChI is InChI=1S/C13H22N2O/c1-13(16,11-6-4-3-5-7-11)10-12-8-9-15(2)14-12/h8-9,11,16H,3-7,10H2,1-2H3. The predicted octanol–water partition coefficient (Wildman–Crippen LogP) is 2.29. The van der Waals surface area contributed by atoms with Crippen LogP contribution < -0.4 is 0 Å². The molecule has 1 atom stereocenters. The van der Waals surface area contributed by atoms with E-state index in [0.717, 1.165) is 5.69 Å². The second-order valence-corrected chi connectivity index (χ2v) is 5.35. The van der Waals surface area contributed by atoms with Crippen LogP contribution in [-0.4, -0.2) is 20.5 Å². The summed E-state index contributed by atoms with van der Waals surface area (Å²) in [6.45, 7) is 1.97. The van der Waals surface area contributed by atoms with Crippen LogP contribution in [0.3, 0.4) is 0 Å². The van der Waals surface area contributed by atoms with Crippen molar-refractivity contribution >= 4 is 0 Å². The minimum absolute atomic E-state index is 0.447.